The third-order valence-electron chi connectivity index (χ3n) is 4.05. The van der Waals surface area contributed by atoms with E-state index in [1.807, 2.05) is 31.2 Å². The number of hydrogen-bond acceptors (Lipinski definition) is 4. The van der Waals surface area contributed by atoms with E-state index in [0.717, 1.165) is 11.1 Å². The maximum absolute atomic E-state index is 12.2. The minimum absolute atomic E-state index is 0.119. The first-order valence-corrected chi connectivity index (χ1v) is 8.21. The number of hydrogen-bond donors (Lipinski definition) is 2. The zero-order valence-electron chi connectivity index (χ0n) is 14.5. The molecule has 0 aliphatic carbocycles. The number of carboxylic acid groups (broad SMARTS) is 1. The van der Waals surface area contributed by atoms with Crippen molar-refractivity contribution in [2.24, 2.45) is 0 Å². The van der Waals surface area contributed by atoms with E-state index in [1.54, 1.807) is 6.07 Å². The Bertz CT molecular complexity index is 798. The molecule has 26 heavy (non-hydrogen) atoms. The molecular formula is C20H21NO5. The van der Waals surface area contributed by atoms with Crippen LogP contribution in [0.25, 0.3) is 0 Å². The Morgan fingerprint density at radius 3 is 2.35 bits per heavy atom. The molecule has 0 unspecified atom stereocenters. The number of carbonyl (C=O) groups is 3. The summed E-state index contributed by atoms with van der Waals surface area (Å²) in [6.45, 7) is 1.98. The molecule has 0 bridgehead atoms. The van der Waals surface area contributed by atoms with Crippen LogP contribution in [0.5, 0.6) is 0 Å². The molecule has 0 atom stereocenters. The van der Waals surface area contributed by atoms with E-state index in [4.69, 9.17) is 5.11 Å². The molecule has 0 saturated carbocycles. The fourth-order valence-electron chi connectivity index (χ4n) is 2.57. The van der Waals surface area contributed by atoms with Gasteiger partial charge in [0.05, 0.1) is 19.6 Å². The quantitative estimate of drug-likeness (QED) is 0.533. The van der Waals surface area contributed by atoms with Gasteiger partial charge in [-0.05, 0) is 18.6 Å². The maximum atomic E-state index is 12.2. The van der Waals surface area contributed by atoms with Gasteiger partial charge in [0.1, 0.15) is 0 Å². The van der Waals surface area contributed by atoms with Crippen molar-refractivity contribution in [3.05, 3.63) is 64.7 Å². The second kappa shape index (κ2) is 8.92. The van der Waals surface area contributed by atoms with E-state index >= 15 is 0 Å². The average Bonchev–Trinajstić information content (AvgIpc) is 2.65. The Morgan fingerprint density at radius 1 is 1.08 bits per heavy atom. The average molecular weight is 355 g/mol. The van der Waals surface area contributed by atoms with Gasteiger partial charge in [0.2, 0.25) is 6.41 Å². The Morgan fingerprint density at radius 2 is 1.77 bits per heavy atom. The molecule has 6 heteroatoms. The predicted octanol–water partition coefficient (Wildman–Crippen LogP) is 2.70. The number of aliphatic hydroxyl groups is 1. The van der Waals surface area contributed by atoms with Crippen molar-refractivity contribution in [3.63, 3.8) is 0 Å². The molecule has 6 nitrogen and oxygen atoms in total. The summed E-state index contributed by atoms with van der Waals surface area (Å²) < 4.78 is 0. The number of Topliss-reactive ketones (excluding diaryl/α,β-unsaturated/α-hetero) is 1. The van der Waals surface area contributed by atoms with Gasteiger partial charge in [-0.2, -0.15) is 0 Å². The van der Waals surface area contributed by atoms with Crippen LogP contribution in [0.1, 0.15) is 39.9 Å². The summed E-state index contributed by atoms with van der Waals surface area (Å²) in [6, 6.07) is 12.3. The van der Waals surface area contributed by atoms with Gasteiger partial charge in [0.25, 0.3) is 0 Å². The lowest BCUT2D eigenvalue weighted by Crippen LogP contribution is -2.22. The summed E-state index contributed by atoms with van der Waals surface area (Å²) in [5.74, 6) is -1.36. The van der Waals surface area contributed by atoms with E-state index in [2.05, 4.69) is 0 Å². The van der Waals surface area contributed by atoms with Gasteiger partial charge in [-0.3, -0.25) is 14.4 Å². The van der Waals surface area contributed by atoms with Crippen LogP contribution >= 0.6 is 0 Å². The van der Waals surface area contributed by atoms with Crippen LogP contribution in [0.3, 0.4) is 0 Å². The van der Waals surface area contributed by atoms with Crippen LogP contribution in [0, 0.1) is 6.92 Å². The molecule has 2 rings (SSSR count). The van der Waals surface area contributed by atoms with Crippen molar-refractivity contribution in [1.29, 1.82) is 0 Å². The largest absolute Gasteiger partial charge is 0.481 e. The lowest BCUT2D eigenvalue weighted by atomic mass is 10.0. The topological polar surface area (TPSA) is 94.9 Å². The lowest BCUT2D eigenvalue weighted by molar-refractivity contribution is -0.136. The highest BCUT2D eigenvalue weighted by molar-refractivity contribution is 5.99. The highest BCUT2D eigenvalue weighted by Crippen LogP contribution is 2.24. The SMILES string of the molecule is Cc1ccc(CN(C=O)c2cc(C(=O)CCC(=O)O)ccc2CO)cc1. The van der Waals surface area contributed by atoms with Crippen LogP contribution in [0.2, 0.25) is 0 Å². The number of carbonyl (C=O) groups excluding carboxylic acids is 2. The number of rotatable bonds is 9. The third-order valence-corrected chi connectivity index (χ3v) is 4.05. The van der Waals surface area contributed by atoms with E-state index in [0.29, 0.717) is 29.8 Å². The van der Waals surface area contributed by atoms with Crippen molar-refractivity contribution < 1.29 is 24.6 Å². The van der Waals surface area contributed by atoms with Crippen LogP contribution in [-0.2, 0) is 22.7 Å². The number of ketones is 1. The van der Waals surface area contributed by atoms with Crippen LogP contribution < -0.4 is 4.90 Å². The normalized spacial score (nSPS) is 10.4. The molecule has 0 aliphatic rings. The zero-order chi connectivity index (χ0) is 19.1. The molecule has 0 heterocycles. The summed E-state index contributed by atoms with van der Waals surface area (Å²) in [4.78, 5) is 35.9. The fourth-order valence-corrected chi connectivity index (χ4v) is 2.57. The maximum Gasteiger partial charge on any atom is 0.303 e. The van der Waals surface area contributed by atoms with E-state index in [9.17, 15) is 19.5 Å². The molecule has 0 fully saturated rings. The number of benzene rings is 2. The standard InChI is InChI=1S/C20H21NO5/c1-14-2-4-15(5-3-14)11-21(13-23)18-10-16(6-7-17(18)12-22)19(24)8-9-20(25)26/h2-7,10,13,22H,8-9,11-12H2,1H3,(H,25,26). The molecule has 0 aromatic heterocycles. The zero-order valence-corrected chi connectivity index (χ0v) is 14.5. The number of nitrogens with zero attached hydrogens (tertiary/aromatic N) is 1. The smallest absolute Gasteiger partial charge is 0.303 e. The van der Waals surface area contributed by atoms with Crippen LogP contribution in [0.4, 0.5) is 5.69 Å². The highest BCUT2D eigenvalue weighted by atomic mass is 16.4. The summed E-state index contributed by atoms with van der Waals surface area (Å²) in [5.41, 5.74) is 3.28. The number of aliphatic carboxylic acids is 1. The van der Waals surface area contributed by atoms with Crippen molar-refractivity contribution >= 4 is 23.9 Å². The molecule has 0 spiro atoms. The number of aryl methyl sites for hydroxylation is 1. The van der Waals surface area contributed by atoms with Crippen molar-refractivity contribution in [2.45, 2.75) is 32.9 Å². The summed E-state index contributed by atoms with van der Waals surface area (Å²) >= 11 is 0. The Labute approximate surface area is 151 Å². The first-order valence-electron chi connectivity index (χ1n) is 8.21. The third kappa shape index (κ3) is 5.00. The Hall–Kier alpha value is -2.99. The minimum atomic E-state index is -1.04. The summed E-state index contributed by atoms with van der Waals surface area (Å²) in [5, 5.41) is 18.3. The summed E-state index contributed by atoms with van der Waals surface area (Å²) in [7, 11) is 0. The molecule has 2 aromatic rings. The number of anilines is 1. The van der Waals surface area contributed by atoms with Crippen molar-refractivity contribution in [3.8, 4) is 0 Å². The van der Waals surface area contributed by atoms with E-state index in [-0.39, 0.29) is 25.2 Å². The van der Waals surface area contributed by atoms with Gasteiger partial charge in [0.15, 0.2) is 5.78 Å². The number of aliphatic hydroxyl groups excluding tert-OH is 1. The minimum Gasteiger partial charge on any atom is -0.481 e. The van der Waals surface area contributed by atoms with Crippen LogP contribution in [0.15, 0.2) is 42.5 Å². The molecule has 2 N–H and O–H groups in total. The number of amides is 1. The van der Waals surface area contributed by atoms with Crippen molar-refractivity contribution in [1.82, 2.24) is 0 Å². The van der Waals surface area contributed by atoms with E-state index in [1.165, 1.54) is 17.0 Å². The Balaban J connectivity index is 2.29. The molecule has 136 valence electrons. The molecule has 2 aromatic carbocycles. The second-order valence-electron chi connectivity index (χ2n) is 6.04. The van der Waals surface area contributed by atoms with Gasteiger partial charge in [-0.15, -0.1) is 0 Å². The van der Waals surface area contributed by atoms with Gasteiger partial charge in [-0.1, -0.05) is 42.0 Å². The molecule has 0 saturated heterocycles. The van der Waals surface area contributed by atoms with Crippen LogP contribution in [-0.4, -0.2) is 28.4 Å². The van der Waals surface area contributed by atoms with Crippen molar-refractivity contribution in [2.75, 3.05) is 4.90 Å². The monoisotopic (exact) mass is 355 g/mol. The second-order valence-corrected chi connectivity index (χ2v) is 6.04. The molecule has 1 amide bonds. The number of carboxylic acids is 1. The highest BCUT2D eigenvalue weighted by Gasteiger charge is 2.15. The van der Waals surface area contributed by atoms with Gasteiger partial charge in [-0.25, -0.2) is 0 Å². The first kappa shape index (κ1) is 19.3. The summed E-state index contributed by atoms with van der Waals surface area (Å²) in [6.07, 6.45) is 0.281. The predicted molar refractivity (Wildman–Crippen MR) is 97.0 cm³/mol. The molecule has 0 aliphatic heterocycles. The lowest BCUT2D eigenvalue weighted by Gasteiger charge is -2.21. The van der Waals surface area contributed by atoms with E-state index < -0.39 is 5.97 Å². The van der Waals surface area contributed by atoms with Gasteiger partial charge in [0, 0.05) is 23.2 Å². The van der Waals surface area contributed by atoms with Gasteiger partial charge >= 0.3 is 5.97 Å². The first-order chi connectivity index (χ1) is 12.4. The fraction of sp³-hybridized carbons (Fsp3) is 0.250. The van der Waals surface area contributed by atoms with Gasteiger partial charge < -0.3 is 15.1 Å². The molecule has 0 radical (unpaired) electrons. The molecular weight excluding hydrogens is 334 g/mol. The Kier molecular flexibility index (Phi) is 6.63.